The van der Waals surface area contributed by atoms with Crippen molar-refractivity contribution in [2.75, 3.05) is 13.7 Å². The predicted molar refractivity (Wildman–Crippen MR) is 79.3 cm³/mol. The average Bonchev–Trinajstić information content (AvgIpc) is 2.49. The van der Waals surface area contributed by atoms with Crippen LogP contribution in [0, 0.1) is 18.8 Å². The highest BCUT2D eigenvalue weighted by Crippen LogP contribution is 2.20. The van der Waals surface area contributed by atoms with Crippen LogP contribution in [-0.2, 0) is 6.54 Å². The van der Waals surface area contributed by atoms with Crippen LogP contribution in [0.15, 0.2) is 35.1 Å². The van der Waals surface area contributed by atoms with E-state index in [1.807, 2.05) is 13.0 Å². The summed E-state index contributed by atoms with van der Waals surface area (Å²) in [4.78, 5) is 11.8. The Morgan fingerprint density at radius 2 is 2.14 bits per heavy atom. The second kappa shape index (κ2) is 6.73. The predicted octanol–water partition coefficient (Wildman–Crippen LogP) is 0.952. The number of methoxy groups -OCH3 is 1. The van der Waals surface area contributed by atoms with Crippen LogP contribution in [0.25, 0.3) is 0 Å². The number of nitrogens with zero attached hydrogens (tertiary/aromatic N) is 2. The lowest BCUT2D eigenvalue weighted by Gasteiger charge is -2.10. The minimum Gasteiger partial charge on any atom is -0.496 e. The summed E-state index contributed by atoms with van der Waals surface area (Å²) in [6.45, 7) is 1.94. The molecule has 0 aliphatic rings. The van der Waals surface area contributed by atoms with Gasteiger partial charge in [0.1, 0.15) is 12.4 Å². The molecular formula is C16H16N2O3. The van der Waals surface area contributed by atoms with E-state index >= 15 is 0 Å². The fraction of sp³-hybridized carbons (Fsp3) is 0.250. The Morgan fingerprint density at radius 3 is 2.86 bits per heavy atom. The number of aliphatic hydroxyl groups is 1. The summed E-state index contributed by atoms with van der Waals surface area (Å²) in [6.07, 6.45) is 0. The summed E-state index contributed by atoms with van der Waals surface area (Å²) >= 11 is 0. The van der Waals surface area contributed by atoms with E-state index in [4.69, 9.17) is 9.84 Å². The van der Waals surface area contributed by atoms with Gasteiger partial charge in [-0.25, -0.2) is 4.68 Å². The van der Waals surface area contributed by atoms with Crippen LogP contribution in [-0.4, -0.2) is 28.6 Å². The van der Waals surface area contributed by atoms with E-state index in [2.05, 4.69) is 16.9 Å². The summed E-state index contributed by atoms with van der Waals surface area (Å²) in [5.74, 6) is 6.10. The largest absolute Gasteiger partial charge is 0.496 e. The summed E-state index contributed by atoms with van der Waals surface area (Å²) in [5.41, 5.74) is 2.15. The monoisotopic (exact) mass is 284 g/mol. The average molecular weight is 284 g/mol. The van der Waals surface area contributed by atoms with Gasteiger partial charge in [0.2, 0.25) is 0 Å². The van der Waals surface area contributed by atoms with Crippen LogP contribution < -0.4 is 10.3 Å². The molecule has 0 fully saturated rings. The van der Waals surface area contributed by atoms with Crippen LogP contribution in [0.4, 0.5) is 0 Å². The Hall–Kier alpha value is -2.58. The summed E-state index contributed by atoms with van der Waals surface area (Å²) in [7, 11) is 1.57. The van der Waals surface area contributed by atoms with Crippen molar-refractivity contribution in [2.24, 2.45) is 0 Å². The maximum atomic E-state index is 11.8. The number of benzene rings is 1. The van der Waals surface area contributed by atoms with Gasteiger partial charge in [-0.3, -0.25) is 4.79 Å². The standard InChI is InChI=1S/C16H16N2O3/c1-12-5-8-16(20)18(17-12)11-14-10-13(4-3-9-19)6-7-15(14)21-2/h5-8,10,19H,9,11H2,1-2H3. The molecule has 0 aliphatic carbocycles. The van der Waals surface area contributed by atoms with Crippen molar-refractivity contribution in [3.05, 3.63) is 57.5 Å². The Bertz CT molecular complexity index is 754. The second-order valence-electron chi connectivity index (χ2n) is 4.46. The number of hydrogen-bond acceptors (Lipinski definition) is 4. The van der Waals surface area contributed by atoms with Crippen LogP contribution >= 0.6 is 0 Å². The quantitative estimate of drug-likeness (QED) is 0.852. The van der Waals surface area contributed by atoms with Crippen molar-refractivity contribution in [3.8, 4) is 17.6 Å². The molecule has 5 heteroatoms. The lowest BCUT2D eigenvalue weighted by molar-refractivity contribution is 0.350. The van der Waals surface area contributed by atoms with E-state index < -0.39 is 0 Å². The van der Waals surface area contributed by atoms with Gasteiger partial charge in [-0.05, 0) is 31.2 Å². The Labute approximate surface area is 122 Å². The van der Waals surface area contributed by atoms with E-state index in [1.54, 1.807) is 25.3 Å². The number of rotatable bonds is 3. The molecule has 0 atom stereocenters. The fourth-order valence-corrected chi connectivity index (χ4v) is 1.95. The van der Waals surface area contributed by atoms with Crippen LogP contribution in [0.3, 0.4) is 0 Å². The lowest BCUT2D eigenvalue weighted by atomic mass is 10.1. The summed E-state index contributed by atoms with van der Waals surface area (Å²) < 4.78 is 6.69. The molecule has 1 aromatic heterocycles. The molecule has 1 aromatic carbocycles. The first kappa shape index (κ1) is 14.8. The molecule has 2 aromatic rings. The SMILES string of the molecule is COc1ccc(C#CCO)cc1Cn1nc(C)ccc1=O. The number of aliphatic hydroxyl groups excluding tert-OH is 1. The first-order valence-corrected chi connectivity index (χ1v) is 6.45. The van der Waals surface area contributed by atoms with Gasteiger partial charge >= 0.3 is 0 Å². The molecule has 0 amide bonds. The molecular weight excluding hydrogens is 268 g/mol. The minimum atomic E-state index is -0.194. The molecule has 0 saturated heterocycles. The van der Waals surface area contributed by atoms with Crippen molar-refractivity contribution < 1.29 is 9.84 Å². The zero-order chi connectivity index (χ0) is 15.2. The summed E-state index contributed by atoms with van der Waals surface area (Å²) in [5, 5.41) is 13.0. The Morgan fingerprint density at radius 1 is 1.33 bits per heavy atom. The zero-order valence-corrected chi connectivity index (χ0v) is 12.0. The van der Waals surface area contributed by atoms with Crippen LogP contribution in [0.1, 0.15) is 16.8 Å². The fourth-order valence-electron chi connectivity index (χ4n) is 1.95. The molecule has 0 unspecified atom stereocenters. The van der Waals surface area contributed by atoms with Gasteiger partial charge in [0.15, 0.2) is 0 Å². The third-order valence-corrected chi connectivity index (χ3v) is 2.91. The molecule has 0 radical (unpaired) electrons. The van der Waals surface area contributed by atoms with E-state index in [1.165, 1.54) is 10.7 Å². The van der Waals surface area contributed by atoms with E-state index in [9.17, 15) is 4.79 Å². The van der Waals surface area contributed by atoms with Gasteiger partial charge < -0.3 is 9.84 Å². The molecule has 2 rings (SSSR count). The van der Waals surface area contributed by atoms with E-state index in [0.29, 0.717) is 12.3 Å². The highest BCUT2D eigenvalue weighted by molar-refractivity contribution is 5.44. The maximum Gasteiger partial charge on any atom is 0.267 e. The van der Waals surface area contributed by atoms with Crippen LogP contribution in [0.2, 0.25) is 0 Å². The van der Waals surface area contributed by atoms with Crippen LogP contribution in [0.5, 0.6) is 5.75 Å². The molecule has 21 heavy (non-hydrogen) atoms. The first-order valence-electron chi connectivity index (χ1n) is 6.45. The normalized spacial score (nSPS) is 9.86. The van der Waals surface area contributed by atoms with Crippen molar-refractivity contribution in [2.45, 2.75) is 13.5 Å². The third kappa shape index (κ3) is 3.71. The molecule has 108 valence electrons. The molecule has 0 aliphatic heterocycles. The van der Waals surface area contributed by atoms with Gasteiger partial charge in [0, 0.05) is 17.2 Å². The Kier molecular flexibility index (Phi) is 4.75. The molecule has 5 nitrogen and oxygen atoms in total. The topological polar surface area (TPSA) is 64.3 Å². The number of aryl methyl sites for hydroxylation is 1. The molecule has 1 heterocycles. The number of ether oxygens (including phenoxy) is 1. The first-order chi connectivity index (χ1) is 10.1. The zero-order valence-electron chi connectivity index (χ0n) is 12.0. The number of aromatic nitrogens is 2. The van der Waals surface area contributed by atoms with Gasteiger partial charge in [-0.1, -0.05) is 11.8 Å². The van der Waals surface area contributed by atoms with E-state index in [-0.39, 0.29) is 12.2 Å². The molecule has 0 bridgehead atoms. The van der Waals surface area contributed by atoms with Gasteiger partial charge in [-0.2, -0.15) is 5.10 Å². The van der Waals surface area contributed by atoms with Gasteiger partial charge in [0.25, 0.3) is 5.56 Å². The highest BCUT2D eigenvalue weighted by Gasteiger charge is 2.07. The lowest BCUT2D eigenvalue weighted by Crippen LogP contribution is -2.23. The third-order valence-electron chi connectivity index (χ3n) is 2.91. The summed E-state index contributed by atoms with van der Waals surface area (Å²) in [6, 6.07) is 8.59. The molecule has 0 saturated carbocycles. The second-order valence-corrected chi connectivity index (χ2v) is 4.46. The maximum absolute atomic E-state index is 11.8. The highest BCUT2D eigenvalue weighted by atomic mass is 16.5. The molecule has 1 N–H and O–H groups in total. The van der Waals surface area contributed by atoms with E-state index in [0.717, 1.165) is 16.8 Å². The minimum absolute atomic E-state index is 0.172. The molecule has 0 spiro atoms. The van der Waals surface area contributed by atoms with Crippen molar-refractivity contribution >= 4 is 0 Å². The van der Waals surface area contributed by atoms with Gasteiger partial charge in [-0.15, -0.1) is 0 Å². The van der Waals surface area contributed by atoms with Crippen molar-refractivity contribution in [1.82, 2.24) is 9.78 Å². The number of hydrogen-bond donors (Lipinski definition) is 1. The van der Waals surface area contributed by atoms with Gasteiger partial charge in [0.05, 0.1) is 19.3 Å². The van der Waals surface area contributed by atoms with Crippen molar-refractivity contribution in [3.63, 3.8) is 0 Å². The Balaban J connectivity index is 2.41. The smallest absolute Gasteiger partial charge is 0.267 e. The van der Waals surface area contributed by atoms with Crippen molar-refractivity contribution in [1.29, 1.82) is 0 Å².